The standard InChI is InChI=1S/C24H32N2O4S/c1-18(2)25-24(27)19(3)30-22-9-11-23(12-10-22)31(28,29)26-15-13-21(14-16-26)17-20-7-5-4-6-8-20/h4-12,18-19,21H,13-17H2,1-3H3,(H,25,27)/t19-/m1/s1. The van der Waals surface area contributed by atoms with Crippen LogP contribution in [0.3, 0.4) is 0 Å². The first-order valence-electron chi connectivity index (χ1n) is 10.9. The van der Waals surface area contributed by atoms with Crippen molar-refractivity contribution in [1.29, 1.82) is 0 Å². The Bertz CT molecular complexity index is 951. The summed E-state index contributed by atoms with van der Waals surface area (Å²) >= 11 is 0. The number of piperidine rings is 1. The summed E-state index contributed by atoms with van der Waals surface area (Å²) in [5, 5.41) is 2.79. The predicted octanol–water partition coefficient (Wildman–Crippen LogP) is 3.62. The maximum absolute atomic E-state index is 13.0. The van der Waals surface area contributed by atoms with Crippen molar-refractivity contribution in [3.63, 3.8) is 0 Å². The van der Waals surface area contributed by atoms with E-state index in [1.165, 1.54) is 5.56 Å². The van der Waals surface area contributed by atoms with Gasteiger partial charge in [0.05, 0.1) is 4.90 Å². The van der Waals surface area contributed by atoms with Crippen LogP contribution in [0.15, 0.2) is 59.5 Å². The summed E-state index contributed by atoms with van der Waals surface area (Å²) in [5.41, 5.74) is 1.30. The van der Waals surface area contributed by atoms with Crippen LogP contribution in [-0.2, 0) is 21.2 Å². The molecule has 1 heterocycles. The maximum Gasteiger partial charge on any atom is 0.260 e. The molecule has 1 N–H and O–H groups in total. The highest BCUT2D eigenvalue weighted by atomic mass is 32.2. The van der Waals surface area contributed by atoms with Crippen LogP contribution in [0.2, 0.25) is 0 Å². The third-order valence-corrected chi connectivity index (χ3v) is 7.43. The van der Waals surface area contributed by atoms with E-state index in [4.69, 9.17) is 4.74 Å². The summed E-state index contributed by atoms with van der Waals surface area (Å²) in [6.07, 6.45) is 2.05. The quantitative estimate of drug-likeness (QED) is 0.675. The zero-order valence-electron chi connectivity index (χ0n) is 18.5. The highest BCUT2D eigenvalue weighted by molar-refractivity contribution is 7.89. The summed E-state index contributed by atoms with van der Waals surface area (Å²) in [6, 6.07) is 16.7. The molecule has 0 aromatic heterocycles. The van der Waals surface area contributed by atoms with Gasteiger partial charge in [0.25, 0.3) is 5.91 Å². The minimum atomic E-state index is -3.54. The normalized spacial score (nSPS) is 16.8. The van der Waals surface area contributed by atoms with Gasteiger partial charge in [0.1, 0.15) is 5.75 Å². The van der Waals surface area contributed by atoms with Crippen molar-refractivity contribution >= 4 is 15.9 Å². The highest BCUT2D eigenvalue weighted by Crippen LogP contribution is 2.27. The van der Waals surface area contributed by atoms with Crippen LogP contribution in [0.4, 0.5) is 0 Å². The molecular formula is C24H32N2O4S. The van der Waals surface area contributed by atoms with Crippen molar-refractivity contribution in [2.45, 2.75) is 57.1 Å². The molecule has 1 aliphatic rings. The van der Waals surface area contributed by atoms with Crippen molar-refractivity contribution in [2.75, 3.05) is 13.1 Å². The molecule has 2 aromatic carbocycles. The number of rotatable bonds is 8. The van der Waals surface area contributed by atoms with Crippen molar-refractivity contribution in [2.24, 2.45) is 5.92 Å². The molecule has 3 rings (SSSR count). The van der Waals surface area contributed by atoms with Crippen molar-refractivity contribution < 1.29 is 17.9 Å². The van der Waals surface area contributed by atoms with E-state index < -0.39 is 16.1 Å². The summed E-state index contributed by atoms with van der Waals surface area (Å²) in [5.74, 6) is 0.764. The molecule has 1 amide bonds. The summed E-state index contributed by atoms with van der Waals surface area (Å²) in [6.45, 7) is 6.50. The summed E-state index contributed by atoms with van der Waals surface area (Å²) in [7, 11) is -3.54. The molecule has 0 radical (unpaired) electrons. The molecule has 0 bridgehead atoms. The SMILES string of the molecule is CC(C)NC(=O)[C@@H](C)Oc1ccc(S(=O)(=O)N2CCC(Cc3ccccc3)CC2)cc1. The fourth-order valence-corrected chi connectivity index (χ4v) is 5.27. The second-order valence-electron chi connectivity index (χ2n) is 8.43. The largest absolute Gasteiger partial charge is 0.481 e. The van der Waals surface area contributed by atoms with Gasteiger partial charge in [0.15, 0.2) is 6.10 Å². The first kappa shape index (κ1) is 23.3. The lowest BCUT2D eigenvalue weighted by molar-refractivity contribution is -0.127. The highest BCUT2D eigenvalue weighted by Gasteiger charge is 2.29. The summed E-state index contributed by atoms with van der Waals surface area (Å²) < 4.78 is 33.3. The van der Waals surface area contributed by atoms with Gasteiger partial charge in [-0.25, -0.2) is 8.42 Å². The topological polar surface area (TPSA) is 75.7 Å². The van der Waals surface area contributed by atoms with Crippen LogP contribution in [0.25, 0.3) is 0 Å². The minimum absolute atomic E-state index is 0.0305. The second-order valence-corrected chi connectivity index (χ2v) is 10.4. The number of hydrogen-bond donors (Lipinski definition) is 1. The molecule has 1 fully saturated rings. The van der Waals surface area contributed by atoms with Crippen molar-refractivity contribution in [1.82, 2.24) is 9.62 Å². The molecule has 2 aromatic rings. The molecule has 0 spiro atoms. The number of hydrogen-bond acceptors (Lipinski definition) is 4. The van der Waals surface area contributed by atoms with E-state index in [9.17, 15) is 13.2 Å². The zero-order chi connectivity index (χ0) is 22.4. The smallest absolute Gasteiger partial charge is 0.260 e. The Morgan fingerprint density at radius 3 is 2.23 bits per heavy atom. The van der Waals surface area contributed by atoms with Crippen LogP contribution in [0, 0.1) is 5.92 Å². The molecule has 1 atom stereocenters. The van der Waals surface area contributed by atoms with Gasteiger partial charge in [-0.15, -0.1) is 0 Å². The maximum atomic E-state index is 13.0. The molecule has 1 aliphatic heterocycles. The number of nitrogens with one attached hydrogen (secondary N) is 1. The number of amides is 1. The van der Waals surface area contributed by atoms with Crippen molar-refractivity contribution in [3.05, 3.63) is 60.2 Å². The Morgan fingerprint density at radius 2 is 1.65 bits per heavy atom. The lowest BCUT2D eigenvalue weighted by Crippen LogP contribution is -2.40. The van der Waals surface area contributed by atoms with E-state index in [2.05, 4.69) is 17.4 Å². The van der Waals surface area contributed by atoms with Crippen LogP contribution in [-0.4, -0.2) is 43.9 Å². The number of nitrogens with zero attached hydrogens (tertiary/aromatic N) is 1. The lowest BCUT2D eigenvalue weighted by atomic mass is 9.91. The average molecular weight is 445 g/mol. The van der Waals surface area contributed by atoms with Gasteiger partial charge in [-0.2, -0.15) is 4.31 Å². The Balaban J connectivity index is 1.56. The van der Waals surface area contributed by atoms with Crippen LogP contribution >= 0.6 is 0 Å². The number of sulfonamides is 1. The van der Waals surface area contributed by atoms with Gasteiger partial charge in [-0.3, -0.25) is 4.79 Å². The molecule has 7 heteroatoms. The minimum Gasteiger partial charge on any atom is -0.481 e. The molecule has 0 aliphatic carbocycles. The molecule has 1 saturated heterocycles. The zero-order valence-corrected chi connectivity index (χ0v) is 19.3. The number of ether oxygens (including phenoxy) is 1. The molecule has 31 heavy (non-hydrogen) atoms. The number of carbonyl (C=O) groups excluding carboxylic acids is 1. The van der Waals surface area contributed by atoms with Crippen molar-refractivity contribution in [3.8, 4) is 5.75 Å². The number of benzene rings is 2. The number of carbonyl (C=O) groups is 1. The lowest BCUT2D eigenvalue weighted by Gasteiger charge is -2.31. The van der Waals surface area contributed by atoms with Gasteiger partial charge in [-0.1, -0.05) is 30.3 Å². The van der Waals surface area contributed by atoms with E-state index in [1.807, 2.05) is 32.0 Å². The Morgan fingerprint density at radius 1 is 1.03 bits per heavy atom. The molecular weight excluding hydrogens is 412 g/mol. The molecule has 0 unspecified atom stereocenters. The van der Waals surface area contributed by atoms with E-state index in [-0.39, 0.29) is 16.8 Å². The second kappa shape index (κ2) is 10.3. The van der Waals surface area contributed by atoms with Crippen LogP contribution in [0.1, 0.15) is 39.2 Å². The average Bonchev–Trinajstić information content (AvgIpc) is 2.75. The Hall–Kier alpha value is -2.38. The fourth-order valence-electron chi connectivity index (χ4n) is 3.80. The van der Waals surface area contributed by atoms with E-state index in [1.54, 1.807) is 35.5 Å². The third kappa shape index (κ3) is 6.31. The van der Waals surface area contributed by atoms with Crippen LogP contribution in [0.5, 0.6) is 5.75 Å². The Kier molecular flexibility index (Phi) is 7.73. The molecule has 0 saturated carbocycles. The van der Waals surface area contributed by atoms with Gasteiger partial charge >= 0.3 is 0 Å². The third-order valence-electron chi connectivity index (χ3n) is 5.52. The first-order valence-corrected chi connectivity index (χ1v) is 12.3. The molecule has 168 valence electrons. The van der Waals surface area contributed by atoms with Gasteiger partial charge in [0.2, 0.25) is 10.0 Å². The van der Waals surface area contributed by atoms with E-state index in [0.717, 1.165) is 19.3 Å². The van der Waals surface area contributed by atoms with Gasteiger partial charge in [-0.05, 0) is 75.8 Å². The first-order chi connectivity index (χ1) is 14.8. The summed E-state index contributed by atoms with van der Waals surface area (Å²) in [4.78, 5) is 12.2. The van der Waals surface area contributed by atoms with E-state index >= 15 is 0 Å². The molecule has 6 nitrogen and oxygen atoms in total. The Labute approximate surface area is 185 Å². The van der Waals surface area contributed by atoms with E-state index in [0.29, 0.717) is 24.8 Å². The van der Waals surface area contributed by atoms with Gasteiger partial charge < -0.3 is 10.1 Å². The van der Waals surface area contributed by atoms with Crippen LogP contribution < -0.4 is 10.1 Å². The van der Waals surface area contributed by atoms with Gasteiger partial charge in [0, 0.05) is 19.1 Å². The monoisotopic (exact) mass is 444 g/mol. The fraction of sp³-hybridized carbons (Fsp3) is 0.458. The predicted molar refractivity (Wildman–Crippen MR) is 121 cm³/mol.